The van der Waals surface area contributed by atoms with Crippen LogP contribution < -0.4 is 4.90 Å². The third kappa shape index (κ3) is 3.67. The predicted molar refractivity (Wildman–Crippen MR) is 72.3 cm³/mol. The number of aryl methyl sites for hydroxylation is 1. The fourth-order valence-corrected chi connectivity index (χ4v) is 1.89. The summed E-state index contributed by atoms with van der Waals surface area (Å²) in [5, 5.41) is 11.0. The molecule has 0 fully saturated rings. The molecule has 1 aromatic rings. The van der Waals surface area contributed by atoms with Gasteiger partial charge in [-0.05, 0) is 18.6 Å². The summed E-state index contributed by atoms with van der Waals surface area (Å²) in [4.78, 5) is 23.7. The second-order valence-corrected chi connectivity index (χ2v) is 4.55. The standard InChI is InChI=1S/C13H18N2O4/c1-9-5-6-11(12(7-9)15(17)18)14(3)8-10(2)13(16)19-4/h5-7,10H,8H2,1-4H3. The number of hydrogen-bond donors (Lipinski definition) is 0. The highest BCUT2D eigenvalue weighted by Gasteiger charge is 2.21. The molecule has 0 aliphatic heterocycles. The largest absolute Gasteiger partial charge is 0.469 e. The van der Waals surface area contributed by atoms with Crippen molar-refractivity contribution in [2.75, 3.05) is 25.6 Å². The number of rotatable bonds is 5. The molecular weight excluding hydrogens is 248 g/mol. The molecule has 1 aromatic carbocycles. The molecule has 6 heteroatoms. The number of benzene rings is 1. The van der Waals surface area contributed by atoms with E-state index in [1.54, 1.807) is 31.9 Å². The lowest BCUT2D eigenvalue weighted by molar-refractivity contribution is -0.384. The van der Waals surface area contributed by atoms with Gasteiger partial charge in [0.2, 0.25) is 0 Å². The summed E-state index contributed by atoms with van der Waals surface area (Å²) in [5.74, 6) is -0.683. The number of hydrogen-bond acceptors (Lipinski definition) is 5. The molecule has 0 heterocycles. The Morgan fingerprint density at radius 2 is 2.16 bits per heavy atom. The summed E-state index contributed by atoms with van der Waals surface area (Å²) < 4.78 is 4.65. The molecule has 0 N–H and O–H groups in total. The van der Waals surface area contributed by atoms with E-state index in [4.69, 9.17) is 0 Å². The number of ether oxygens (including phenoxy) is 1. The van der Waals surface area contributed by atoms with Crippen LogP contribution in [-0.2, 0) is 9.53 Å². The van der Waals surface area contributed by atoms with Gasteiger partial charge in [-0.2, -0.15) is 0 Å². The summed E-state index contributed by atoms with van der Waals surface area (Å²) in [6, 6.07) is 5.02. The number of nitro groups is 1. The van der Waals surface area contributed by atoms with Crippen molar-refractivity contribution in [3.05, 3.63) is 33.9 Å². The minimum atomic E-state index is -0.415. The van der Waals surface area contributed by atoms with Crippen LogP contribution in [0.4, 0.5) is 11.4 Å². The first-order valence-corrected chi connectivity index (χ1v) is 5.90. The molecule has 0 amide bonds. The Labute approximate surface area is 112 Å². The second-order valence-electron chi connectivity index (χ2n) is 4.55. The fourth-order valence-electron chi connectivity index (χ4n) is 1.89. The summed E-state index contributed by atoms with van der Waals surface area (Å²) in [7, 11) is 3.05. The zero-order chi connectivity index (χ0) is 14.6. The highest BCUT2D eigenvalue weighted by atomic mass is 16.6. The number of carbonyl (C=O) groups is 1. The Morgan fingerprint density at radius 1 is 1.53 bits per heavy atom. The smallest absolute Gasteiger partial charge is 0.310 e. The Kier molecular flexibility index (Phi) is 4.86. The molecular formula is C13H18N2O4. The van der Waals surface area contributed by atoms with E-state index < -0.39 is 4.92 Å². The molecule has 0 saturated carbocycles. The van der Waals surface area contributed by atoms with Gasteiger partial charge in [-0.3, -0.25) is 14.9 Å². The third-order valence-electron chi connectivity index (χ3n) is 2.89. The molecule has 0 spiro atoms. The lowest BCUT2D eigenvalue weighted by atomic mass is 10.1. The Morgan fingerprint density at radius 3 is 2.68 bits per heavy atom. The van der Waals surface area contributed by atoms with Crippen molar-refractivity contribution < 1.29 is 14.5 Å². The molecule has 0 aromatic heterocycles. The molecule has 1 rings (SSSR count). The topological polar surface area (TPSA) is 72.7 Å². The molecule has 1 unspecified atom stereocenters. The average molecular weight is 266 g/mol. The molecule has 6 nitrogen and oxygen atoms in total. The monoisotopic (exact) mass is 266 g/mol. The first kappa shape index (κ1) is 14.9. The van der Waals surface area contributed by atoms with Crippen molar-refractivity contribution in [3.8, 4) is 0 Å². The normalized spacial score (nSPS) is 11.8. The minimum Gasteiger partial charge on any atom is -0.469 e. The lowest BCUT2D eigenvalue weighted by Crippen LogP contribution is -2.29. The second kappa shape index (κ2) is 6.17. The maximum Gasteiger partial charge on any atom is 0.310 e. The van der Waals surface area contributed by atoms with Gasteiger partial charge in [-0.25, -0.2) is 0 Å². The molecule has 104 valence electrons. The highest BCUT2D eigenvalue weighted by molar-refractivity contribution is 5.73. The lowest BCUT2D eigenvalue weighted by Gasteiger charge is -2.22. The molecule has 1 atom stereocenters. The summed E-state index contributed by atoms with van der Waals surface area (Å²) in [6.07, 6.45) is 0. The van der Waals surface area contributed by atoms with Crippen LogP contribution in [0.15, 0.2) is 18.2 Å². The third-order valence-corrected chi connectivity index (χ3v) is 2.89. The van der Waals surface area contributed by atoms with Gasteiger partial charge in [0.1, 0.15) is 5.69 Å². The number of methoxy groups -OCH3 is 1. The van der Waals surface area contributed by atoms with Gasteiger partial charge in [0.15, 0.2) is 0 Å². The van der Waals surface area contributed by atoms with Gasteiger partial charge in [0, 0.05) is 19.7 Å². The van der Waals surface area contributed by atoms with E-state index in [-0.39, 0.29) is 17.6 Å². The number of anilines is 1. The van der Waals surface area contributed by atoms with Crippen molar-refractivity contribution in [2.45, 2.75) is 13.8 Å². The van der Waals surface area contributed by atoms with Gasteiger partial charge in [-0.1, -0.05) is 13.0 Å². The summed E-state index contributed by atoms with van der Waals surface area (Å²) in [6.45, 7) is 3.88. The van der Waals surface area contributed by atoms with Crippen LogP contribution in [0, 0.1) is 23.0 Å². The quantitative estimate of drug-likeness (QED) is 0.464. The minimum absolute atomic E-state index is 0.0413. The highest BCUT2D eigenvalue weighted by Crippen LogP contribution is 2.28. The molecule has 0 aliphatic rings. The van der Waals surface area contributed by atoms with Gasteiger partial charge in [0.05, 0.1) is 18.0 Å². The van der Waals surface area contributed by atoms with E-state index >= 15 is 0 Å². The SMILES string of the molecule is COC(=O)C(C)CN(C)c1ccc(C)cc1[N+](=O)[O-]. The van der Waals surface area contributed by atoms with Crippen LogP contribution in [0.25, 0.3) is 0 Å². The van der Waals surface area contributed by atoms with Gasteiger partial charge in [0.25, 0.3) is 5.69 Å². The van der Waals surface area contributed by atoms with E-state index in [0.717, 1.165) is 5.56 Å². The molecule has 0 bridgehead atoms. The Hall–Kier alpha value is -2.11. The maximum absolute atomic E-state index is 11.4. The summed E-state index contributed by atoms with van der Waals surface area (Å²) >= 11 is 0. The van der Waals surface area contributed by atoms with Crippen LogP contribution in [0.2, 0.25) is 0 Å². The molecule has 0 saturated heterocycles. The van der Waals surface area contributed by atoms with Gasteiger partial charge < -0.3 is 9.64 Å². The van der Waals surface area contributed by atoms with E-state index in [9.17, 15) is 14.9 Å². The molecule has 19 heavy (non-hydrogen) atoms. The zero-order valence-corrected chi connectivity index (χ0v) is 11.5. The Bertz CT molecular complexity index is 488. The van der Waals surface area contributed by atoms with E-state index in [1.165, 1.54) is 13.2 Å². The summed E-state index contributed by atoms with van der Waals surface area (Å²) in [5.41, 5.74) is 1.36. The predicted octanol–water partition coefficient (Wildman–Crippen LogP) is 2.15. The molecule has 0 radical (unpaired) electrons. The van der Waals surface area contributed by atoms with Gasteiger partial charge >= 0.3 is 5.97 Å². The van der Waals surface area contributed by atoms with Crippen LogP contribution in [0.1, 0.15) is 12.5 Å². The zero-order valence-electron chi connectivity index (χ0n) is 11.5. The van der Waals surface area contributed by atoms with E-state index in [0.29, 0.717) is 12.2 Å². The fraction of sp³-hybridized carbons (Fsp3) is 0.462. The number of nitro benzene ring substituents is 1. The van der Waals surface area contributed by atoms with Crippen molar-refractivity contribution >= 4 is 17.3 Å². The number of esters is 1. The van der Waals surface area contributed by atoms with Gasteiger partial charge in [-0.15, -0.1) is 0 Å². The van der Waals surface area contributed by atoms with Crippen molar-refractivity contribution in [1.82, 2.24) is 0 Å². The first-order valence-electron chi connectivity index (χ1n) is 5.90. The van der Waals surface area contributed by atoms with Crippen LogP contribution >= 0.6 is 0 Å². The average Bonchev–Trinajstić information content (AvgIpc) is 2.37. The van der Waals surface area contributed by atoms with Crippen molar-refractivity contribution in [3.63, 3.8) is 0 Å². The number of carbonyl (C=O) groups excluding carboxylic acids is 1. The Balaban J connectivity index is 2.96. The van der Waals surface area contributed by atoms with Crippen molar-refractivity contribution in [1.29, 1.82) is 0 Å². The van der Waals surface area contributed by atoms with Crippen LogP contribution in [-0.4, -0.2) is 31.6 Å². The first-order chi connectivity index (χ1) is 8.86. The number of nitrogens with zero attached hydrogens (tertiary/aromatic N) is 2. The van der Waals surface area contributed by atoms with E-state index in [2.05, 4.69) is 4.74 Å². The maximum atomic E-state index is 11.4. The van der Waals surface area contributed by atoms with Crippen molar-refractivity contribution in [2.24, 2.45) is 5.92 Å². The van der Waals surface area contributed by atoms with Crippen LogP contribution in [0.5, 0.6) is 0 Å². The van der Waals surface area contributed by atoms with E-state index in [1.807, 2.05) is 6.07 Å². The molecule has 0 aliphatic carbocycles. The van der Waals surface area contributed by atoms with Crippen LogP contribution in [0.3, 0.4) is 0 Å².